The quantitative estimate of drug-likeness (QED) is 0.850. The summed E-state index contributed by atoms with van der Waals surface area (Å²) in [5.41, 5.74) is 7.08. The molecule has 0 spiro atoms. The van der Waals surface area contributed by atoms with E-state index in [1.54, 1.807) is 6.92 Å². The molecule has 0 amide bonds. The molecule has 0 radical (unpaired) electrons. The van der Waals surface area contributed by atoms with Gasteiger partial charge in [0.05, 0.1) is 0 Å². The van der Waals surface area contributed by atoms with Gasteiger partial charge >= 0.3 is 0 Å². The van der Waals surface area contributed by atoms with Crippen molar-refractivity contribution in [3.05, 3.63) is 35.7 Å². The van der Waals surface area contributed by atoms with Crippen molar-refractivity contribution in [2.75, 3.05) is 0 Å². The molecule has 0 saturated carbocycles. The van der Waals surface area contributed by atoms with Crippen LogP contribution >= 0.6 is 0 Å². The zero-order valence-corrected chi connectivity index (χ0v) is 9.55. The molecule has 5 nitrogen and oxygen atoms in total. The Morgan fingerprint density at radius 2 is 2.38 bits per heavy atom. The number of rotatable bonds is 4. The highest BCUT2D eigenvalue weighted by molar-refractivity contribution is 5.15. The molecule has 0 fully saturated rings. The normalized spacial score (nSPS) is 12.9. The van der Waals surface area contributed by atoms with E-state index in [2.05, 4.69) is 17.1 Å². The summed E-state index contributed by atoms with van der Waals surface area (Å²) in [6, 6.07) is 2.13. The number of hydrogen-bond donors (Lipinski definition) is 1. The minimum atomic E-state index is 0.102. The van der Waals surface area contributed by atoms with E-state index in [0.29, 0.717) is 18.3 Å². The molecule has 86 valence electrons. The second kappa shape index (κ2) is 4.49. The SMILES string of the molecule is CCC(N)c1ccn(Cc2nc(C)no2)c1. The highest BCUT2D eigenvalue weighted by atomic mass is 16.5. The van der Waals surface area contributed by atoms with E-state index in [-0.39, 0.29) is 6.04 Å². The monoisotopic (exact) mass is 220 g/mol. The van der Waals surface area contributed by atoms with Crippen molar-refractivity contribution < 1.29 is 4.52 Å². The second-order valence-corrected chi connectivity index (χ2v) is 3.87. The first-order valence-electron chi connectivity index (χ1n) is 5.39. The summed E-state index contributed by atoms with van der Waals surface area (Å²) in [6.07, 6.45) is 4.93. The maximum absolute atomic E-state index is 5.94. The van der Waals surface area contributed by atoms with Crippen LogP contribution in [0.4, 0.5) is 0 Å². The van der Waals surface area contributed by atoms with E-state index in [1.165, 1.54) is 0 Å². The first-order chi connectivity index (χ1) is 7.69. The number of hydrogen-bond acceptors (Lipinski definition) is 4. The molecule has 5 heteroatoms. The van der Waals surface area contributed by atoms with Gasteiger partial charge in [-0.05, 0) is 25.0 Å². The zero-order chi connectivity index (χ0) is 11.5. The van der Waals surface area contributed by atoms with Crippen molar-refractivity contribution >= 4 is 0 Å². The Bertz CT molecular complexity index is 460. The van der Waals surface area contributed by atoms with Gasteiger partial charge in [-0.1, -0.05) is 12.1 Å². The molecule has 2 aromatic heterocycles. The van der Waals surface area contributed by atoms with Crippen molar-refractivity contribution in [3.63, 3.8) is 0 Å². The van der Waals surface area contributed by atoms with Crippen LogP contribution < -0.4 is 5.73 Å². The van der Waals surface area contributed by atoms with E-state index >= 15 is 0 Å². The van der Waals surface area contributed by atoms with E-state index in [0.717, 1.165) is 12.0 Å². The van der Waals surface area contributed by atoms with Gasteiger partial charge < -0.3 is 14.8 Å². The summed E-state index contributed by atoms with van der Waals surface area (Å²) >= 11 is 0. The van der Waals surface area contributed by atoms with Crippen molar-refractivity contribution in [3.8, 4) is 0 Å². The predicted molar refractivity (Wildman–Crippen MR) is 59.8 cm³/mol. The van der Waals surface area contributed by atoms with Crippen LogP contribution in [0.3, 0.4) is 0 Å². The van der Waals surface area contributed by atoms with Gasteiger partial charge in [0.2, 0.25) is 5.89 Å². The Balaban J connectivity index is 2.08. The predicted octanol–water partition coefficient (Wildman–Crippen LogP) is 1.64. The number of nitrogens with zero attached hydrogens (tertiary/aromatic N) is 3. The Hall–Kier alpha value is -1.62. The van der Waals surface area contributed by atoms with Crippen LogP contribution in [-0.2, 0) is 6.54 Å². The molecule has 2 aromatic rings. The van der Waals surface area contributed by atoms with Gasteiger partial charge in [-0.2, -0.15) is 4.98 Å². The molecule has 1 unspecified atom stereocenters. The first-order valence-corrected chi connectivity index (χ1v) is 5.39. The van der Waals surface area contributed by atoms with Crippen molar-refractivity contribution in [1.29, 1.82) is 0 Å². The fraction of sp³-hybridized carbons (Fsp3) is 0.455. The minimum absolute atomic E-state index is 0.102. The van der Waals surface area contributed by atoms with Gasteiger partial charge in [-0.25, -0.2) is 0 Å². The molecule has 16 heavy (non-hydrogen) atoms. The summed E-state index contributed by atoms with van der Waals surface area (Å²) in [5, 5.41) is 3.75. The summed E-state index contributed by atoms with van der Waals surface area (Å²) in [4.78, 5) is 4.15. The third-order valence-corrected chi connectivity index (χ3v) is 2.53. The van der Waals surface area contributed by atoms with Crippen LogP contribution in [0.1, 0.15) is 36.7 Å². The van der Waals surface area contributed by atoms with E-state index in [9.17, 15) is 0 Å². The highest BCUT2D eigenvalue weighted by Crippen LogP contribution is 2.14. The van der Waals surface area contributed by atoms with Crippen LogP contribution in [0.25, 0.3) is 0 Å². The molecule has 0 aliphatic heterocycles. The molecule has 2 rings (SSSR count). The lowest BCUT2D eigenvalue weighted by Crippen LogP contribution is -2.07. The summed E-state index contributed by atoms with van der Waals surface area (Å²) in [6.45, 7) is 4.47. The molecule has 0 aliphatic carbocycles. The molecular weight excluding hydrogens is 204 g/mol. The summed E-state index contributed by atoms with van der Waals surface area (Å²) in [7, 11) is 0. The molecule has 0 aromatic carbocycles. The Labute approximate surface area is 94.3 Å². The van der Waals surface area contributed by atoms with Gasteiger partial charge in [0, 0.05) is 18.4 Å². The topological polar surface area (TPSA) is 69.9 Å². The molecule has 0 saturated heterocycles. The van der Waals surface area contributed by atoms with Gasteiger partial charge in [0.1, 0.15) is 6.54 Å². The van der Waals surface area contributed by atoms with Gasteiger partial charge in [0.15, 0.2) is 5.82 Å². The fourth-order valence-corrected chi connectivity index (χ4v) is 1.57. The third kappa shape index (κ3) is 2.30. The van der Waals surface area contributed by atoms with E-state index in [4.69, 9.17) is 10.3 Å². The van der Waals surface area contributed by atoms with Gasteiger partial charge in [-0.3, -0.25) is 0 Å². The smallest absolute Gasteiger partial charge is 0.246 e. The first kappa shape index (κ1) is 10.9. The largest absolute Gasteiger partial charge is 0.345 e. The second-order valence-electron chi connectivity index (χ2n) is 3.87. The van der Waals surface area contributed by atoms with E-state index < -0.39 is 0 Å². The number of aromatic nitrogens is 3. The standard InChI is InChI=1S/C11H16N4O/c1-3-10(12)9-4-5-15(6-9)7-11-13-8(2)14-16-11/h4-6,10H,3,7,12H2,1-2H3. The minimum Gasteiger partial charge on any atom is -0.345 e. The Morgan fingerprint density at radius 1 is 1.56 bits per heavy atom. The number of nitrogens with two attached hydrogens (primary N) is 1. The summed E-state index contributed by atoms with van der Waals surface area (Å²) < 4.78 is 7.05. The Kier molecular flexibility index (Phi) is 3.05. The average Bonchev–Trinajstić information content (AvgIpc) is 2.87. The average molecular weight is 220 g/mol. The van der Waals surface area contributed by atoms with Crippen LogP contribution in [0.15, 0.2) is 23.0 Å². The fourth-order valence-electron chi connectivity index (χ4n) is 1.57. The van der Waals surface area contributed by atoms with E-state index in [1.807, 2.05) is 23.0 Å². The van der Waals surface area contributed by atoms with Crippen LogP contribution in [0.2, 0.25) is 0 Å². The lowest BCUT2D eigenvalue weighted by molar-refractivity contribution is 0.368. The van der Waals surface area contributed by atoms with Crippen molar-refractivity contribution in [2.45, 2.75) is 32.9 Å². The molecular formula is C11H16N4O. The van der Waals surface area contributed by atoms with Gasteiger partial charge in [0.25, 0.3) is 0 Å². The van der Waals surface area contributed by atoms with Crippen LogP contribution in [0.5, 0.6) is 0 Å². The Morgan fingerprint density at radius 3 is 3.00 bits per heavy atom. The third-order valence-electron chi connectivity index (χ3n) is 2.53. The molecule has 0 aliphatic rings. The highest BCUT2D eigenvalue weighted by Gasteiger charge is 2.07. The molecule has 0 bridgehead atoms. The van der Waals surface area contributed by atoms with Crippen LogP contribution in [0, 0.1) is 6.92 Å². The summed E-state index contributed by atoms with van der Waals surface area (Å²) in [5.74, 6) is 1.28. The lowest BCUT2D eigenvalue weighted by atomic mass is 10.1. The maximum Gasteiger partial charge on any atom is 0.246 e. The molecule has 2 N–H and O–H groups in total. The molecule has 2 heterocycles. The van der Waals surface area contributed by atoms with Gasteiger partial charge in [-0.15, -0.1) is 0 Å². The van der Waals surface area contributed by atoms with Crippen LogP contribution in [-0.4, -0.2) is 14.7 Å². The van der Waals surface area contributed by atoms with Crippen molar-refractivity contribution in [2.24, 2.45) is 5.73 Å². The van der Waals surface area contributed by atoms with Crippen molar-refractivity contribution in [1.82, 2.24) is 14.7 Å². The molecule has 1 atom stereocenters. The number of aryl methyl sites for hydroxylation is 1. The zero-order valence-electron chi connectivity index (χ0n) is 9.55. The lowest BCUT2D eigenvalue weighted by Gasteiger charge is -2.04. The maximum atomic E-state index is 5.94.